The molecule has 0 radical (unpaired) electrons. The average Bonchev–Trinajstić information content (AvgIpc) is 2.91. The Hall–Kier alpha value is -2.46. The third-order valence-corrected chi connectivity index (χ3v) is 4.53. The fourth-order valence-electron chi connectivity index (χ4n) is 3.02. The molecule has 0 saturated carbocycles. The Morgan fingerprint density at radius 2 is 1.83 bits per heavy atom. The van der Waals surface area contributed by atoms with E-state index < -0.39 is 0 Å². The molecule has 24 heavy (non-hydrogen) atoms. The van der Waals surface area contributed by atoms with E-state index >= 15 is 0 Å². The highest BCUT2D eigenvalue weighted by Crippen LogP contribution is 2.24. The van der Waals surface area contributed by atoms with Crippen molar-refractivity contribution in [2.45, 2.75) is 26.4 Å². The Morgan fingerprint density at radius 1 is 1.17 bits per heavy atom. The number of carbonyl (C=O) groups excluding carboxylic acids is 1. The number of hydrogen-bond acceptors (Lipinski definition) is 2. The fraction of sp³-hybridized carbons (Fsp3) is 0.250. The molecule has 0 amide bonds. The third kappa shape index (κ3) is 3.10. The number of aromatic amines is 1. The lowest BCUT2D eigenvalue weighted by Gasteiger charge is -2.24. The number of aryl methyl sites for hydroxylation is 1. The second kappa shape index (κ2) is 6.57. The van der Waals surface area contributed by atoms with Gasteiger partial charge in [-0.25, -0.2) is 4.39 Å². The normalized spacial score (nSPS) is 12.7. The Bertz CT molecular complexity index is 867. The Kier molecular flexibility index (Phi) is 4.49. The van der Waals surface area contributed by atoms with E-state index in [1.165, 1.54) is 12.1 Å². The number of halogens is 1. The van der Waals surface area contributed by atoms with Crippen molar-refractivity contribution >= 4 is 16.7 Å². The minimum absolute atomic E-state index is 0.0922. The molecule has 0 spiro atoms. The highest BCUT2D eigenvalue weighted by molar-refractivity contribution is 6.11. The van der Waals surface area contributed by atoms with Crippen LogP contribution >= 0.6 is 0 Å². The molecule has 1 N–H and O–H groups in total. The van der Waals surface area contributed by atoms with Gasteiger partial charge in [-0.15, -0.1) is 0 Å². The Labute approximate surface area is 141 Å². The Morgan fingerprint density at radius 3 is 2.54 bits per heavy atom. The lowest BCUT2D eigenvalue weighted by Crippen LogP contribution is -2.35. The molecule has 0 saturated heterocycles. The van der Waals surface area contributed by atoms with Crippen molar-refractivity contribution in [2.24, 2.45) is 0 Å². The molecule has 1 heterocycles. The number of fused-ring (bicyclic) bond motifs is 1. The summed E-state index contributed by atoms with van der Waals surface area (Å²) in [6.07, 6.45) is 0. The van der Waals surface area contributed by atoms with E-state index in [0.717, 1.165) is 27.7 Å². The summed E-state index contributed by atoms with van der Waals surface area (Å²) in [4.78, 5) is 18.3. The smallest absolute Gasteiger partial charge is 0.182 e. The molecule has 0 aliphatic heterocycles. The summed E-state index contributed by atoms with van der Waals surface area (Å²) in [5, 5.41) is 0.960. The minimum atomic E-state index is -0.270. The van der Waals surface area contributed by atoms with E-state index in [-0.39, 0.29) is 17.6 Å². The van der Waals surface area contributed by atoms with Crippen molar-refractivity contribution in [1.82, 2.24) is 9.88 Å². The molecule has 3 rings (SSSR count). The molecule has 0 fully saturated rings. The van der Waals surface area contributed by atoms with Gasteiger partial charge in [0.25, 0.3) is 0 Å². The van der Waals surface area contributed by atoms with E-state index in [1.54, 1.807) is 12.1 Å². The zero-order chi connectivity index (χ0) is 17.3. The number of rotatable bonds is 5. The maximum atomic E-state index is 13.0. The zero-order valence-electron chi connectivity index (χ0n) is 14.1. The van der Waals surface area contributed by atoms with E-state index in [2.05, 4.69) is 4.98 Å². The fourth-order valence-corrected chi connectivity index (χ4v) is 3.02. The van der Waals surface area contributed by atoms with Crippen molar-refractivity contribution in [3.63, 3.8) is 0 Å². The van der Waals surface area contributed by atoms with Crippen molar-refractivity contribution in [3.05, 3.63) is 71.2 Å². The van der Waals surface area contributed by atoms with E-state index in [4.69, 9.17) is 0 Å². The predicted octanol–water partition coefficient (Wildman–Crippen LogP) is 4.32. The molecular formula is C20H21FN2O. The van der Waals surface area contributed by atoms with Gasteiger partial charge < -0.3 is 4.98 Å². The summed E-state index contributed by atoms with van der Waals surface area (Å²) in [7, 11) is 1.91. The summed E-state index contributed by atoms with van der Waals surface area (Å²) in [5.41, 5.74) is 3.60. The number of hydrogen-bond donors (Lipinski definition) is 1. The van der Waals surface area contributed by atoms with Gasteiger partial charge in [0.05, 0.1) is 6.04 Å². The molecule has 0 bridgehead atoms. The number of para-hydroxylation sites is 1. The van der Waals surface area contributed by atoms with Crippen LogP contribution in [0.5, 0.6) is 0 Å². The van der Waals surface area contributed by atoms with E-state index in [9.17, 15) is 9.18 Å². The van der Waals surface area contributed by atoms with Gasteiger partial charge >= 0.3 is 0 Å². The zero-order valence-corrected chi connectivity index (χ0v) is 14.1. The van der Waals surface area contributed by atoms with Crippen LogP contribution in [0.25, 0.3) is 10.9 Å². The maximum absolute atomic E-state index is 13.0. The number of nitrogens with one attached hydrogen (secondary N) is 1. The van der Waals surface area contributed by atoms with Crippen molar-refractivity contribution in [1.29, 1.82) is 0 Å². The van der Waals surface area contributed by atoms with Gasteiger partial charge in [-0.2, -0.15) is 0 Å². The first kappa shape index (κ1) is 16.4. The SMILES string of the molecule is Cc1[nH]c2ccccc2c1C(=O)[C@@H](C)N(C)Cc1ccc(F)cc1. The monoisotopic (exact) mass is 324 g/mol. The van der Waals surface area contributed by atoms with Gasteiger partial charge in [0, 0.05) is 28.7 Å². The standard InChI is InChI=1S/C20H21FN2O/c1-13-19(17-6-4-5-7-18(17)22-13)20(24)14(2)23(3)12-15-8-10-16(21)11-9-15/h4-11,14,22H,12H2,1-3H3/t14-/m1/s1. The van der Waals surface area contributed by atoms with Crippen molar-refractivity contribution < 1.29 is 9.18 Å². The molecule has 3 nitrogen and oxygen atoms in total. The van der Waals surface area contributed by atoms with Crippen LogP contribution in [0.15, 0.2) is 48.5 Å². The molecule has 0 aliphatic rings. The van der Waals surface area contributed by atoms with Gasteiger partial charge in [-0.3, -0.25) is 9.69 Å². The highest BCUT2D eigenvalue weighted by atomic mass is 19.1. The minimum Gasteiger partial charge on any atom is -0.358 e. The van der Waals surface area contributed by atoms with Gasteiger partial charge in [0.15, 0.2) is 5.78 Å². The van der Waals surface area contributed by atoms with Gasteiger partial charge in [0.2, 0.25) is 0 Å². The number of benzene rings is 2. The quantitative estimate of drug-likeness (QED) is 0.710. The number of ketones is 1. The summed E-state index contributed by atoms with van der Waals surface area (Å²) in [6.45, 7) is 4.43. The molecular weight excluding hydrogens is 303 g/mol. The van der Waals surface area contributed by atoms with Gasteiger partial charge in [-0.1, -0.05) is 30.3 Å². The van der Waals surface area contributed by atoms with Crippen LogP contribution in [0.1, 0.15) is 28.5 Å². The lowest BCUT2D eigenvalue weighted by atomic mass is 10.0. The van der Waals surface area contributed by atoms with Crippen LogP contribution in [0.2, 0.25) is 0 Å². The maximum Gasteiger partial charge on any atom is 0.182 e. The number of nitrogens with zero attached hydrogens (tertiary/aromatic N) is 1. The van der Waals surface area contributed by atoms with Crippen molar-refractivity contribution in [2.75, 3.05) is 7.05 Å². The first-order valence-electron chi connectivity index (χ1n) is 8.03. The molecule has 0 aliphatic carbocycles. The Balaban J connectivity index is 1.83. The molecule has 4 heteroatoms. The number of carbonyl (C=O) groups is 1. The predicted molar refractivity (Wildman–Crippen MR) is 94.7 cm³/mol. The molecule has 0 unspecified atom stereocenters. The first-order valence-corrected chi connectivity index (χ1v) is 8.03. The number of H-pyrrole nitrogens is 1. The van der Waals surface area contributed by atoms with Gasteiger partial charge in [0.1, 0.15) is 5.82 Å². The average molecular weight is 324 g/mol. The van der Waals surface area contributed by atoms with Crippen LogP contribution < -0.4 is 0 Å². The largest absolute Gasteiger partial charge is 0.358 e. The number of Topliss-reactive ketones (excluding diaryl/α,β-unsaturated/α-hetero) is 1. The highest BCUT2D eigenvalue weighted by Gasteiger charge is 2.24. The van der Waals surface area contributed by atoms with Crippen LogP contribution in [0.4, 0.5) is 4.39 Å². The van der Waals surface area contributed by atoms with E-state index in [1.807, 2.05) is 50.1 Å². The van der Waals surface area contributed by atoms with Crippen molar-refractivity contribution in [3.8, 4) is 0 Å². The molecule has 2 aromatic carbocycles. The van der Waals surface area contributed by atoms with E-state index in [0.29, 0.717) is 6.54 Å². The molecule has 1 atom stereocenters. The lowest BCUT2D eigenvalue weighted by molar-refractivity contribution is 0.0863. The molecule has 3 aromatic rings. The van der Waals surface area contributed by atoms with Crippen LogP contribution in [0, 0.1) is 12.7 Å². The second-order valence-electron chi connectivity index (χ2n) is 6.25. The first-order chi connectivity index (χ1) is 11.5. The molecule has 124 valence electrons. The summed E-state index contributed by atoms with van der Waals surface area (Å²) in [6, 6.07) is 14.0. The number of aromatic nitrogens is 1. The number of likely N-dealkylation sites (N-methyl/N-ethyl adjacent to an activating group) is 1. The summed E-state index contributed by atoms with van der Waals surface area (Å²) < 4.78 is 13.0. The second-order valence-corrected chi connectivity index (χ2v) is 6.25. The molecule has 1 aromatic heterocycles. The summed E-state index contributed by atoms with van der Waals surface area (Å²) >= 11 is 0. The third-order valence-electron chi connectivity index (χ3n) is 4.53. The summed E-state index contributed by atoms with van der Waals surface area (Å²) in [5.74, 6) is -0.158. The topological polar surface area (TPSA) is 36.1 Å². The van der Waals surface area contributed by atoms with Crippen LogP contribution in [-0.2, 0) is 6.54 Å². The van der Waals surface area contributed by atoms with Gasteiger partial charge in [-0.05, 0) is 44.7 Å². The van der Waals surface area contributed by atoms with Crippen LogP contribution in [-0.4, -0.2) is 28.8 Å². The van der Waals surface area contributed by atoms with Crippen LogP contribution in [0.3, 0.4) is 0 Å².